The zero-order valence-electron chi connectivity index (χ0n) is 11.7. The molecule has 0 bridgehead atoms. The number of benzene rings is 3. The predicted octanol–water partition coefficient (Wildman–Crippen LogP) is 5.90. The molecule has 21 heavy (non-hydrogen) atoms. The third kappa shape index (κ3) is 3.26. The zero-order chi connectivity index (χ0) is 14.5. The summed E-state index contributed by atoms with van der Waals surface area (Å²) in [6.07, 6.45) is 0. The van der Waals surface area contributed by atoms with E-state index in [-0.39, 0.29) is 0 Å². The van der Waals surface area contributed by atoms with E-state index in [9.17, 15) is 0 Å². The lowest BCUT2D eigenvalue weighted by Crippen LogP contribution is -1.89. The molecule has 0 aliphatic heterocycles. The summed E-state index contributed by atoms with van der Waals surface area (Å²) in [7, 11) is 0. The van der Waals surface area contributed by atoms with Crippen LogP contribution in [-0.4, -0.2) is 0 Å². The summed E-state index contributed by atoms with van der Waals surface area (Å²) in [4.78, 5) is 2.48. The fourth-order valence-electron chi connectivity index (χ4n) is 2.22. The molecule has 0 atom stereocenters. The maximum Gasteiger partial charge on any atom is 0.0200 e. The summed E-state index contributed by atoms with van der Waals surface area (Å²) in [6.45, 7) is 4.28. The van der Waals surface area contributed by atoms with E-state index in [0.717, 1.165) is 5.57 Å². The quantitative estimate of drug-likeness (QED) is 0.576. The third-order valence-electron chi connectivity index (χ3n) is 3.31. The molecule has 0 N–H and O–H groups in total. The van der Waals surface area contributed by atoms with Gasteiger partial charge in [-0.3, -0.25) is 0 Å². The molecule has 0 aliphatic rings. The molecule has 1 heteroatoms. The minimum absolute atomic E-state index is 1.06. The van der Waals surface area contributed by atoms with Crippen LogP contribution < -0.4 is 0 Å². The SMILES string of the molecule is C=C(c1ccccc1)c1ccccc1Sc1ccccc1. The Hall–Kier alpha value is -2.25. The molecule has 3 aromatic carbocycles. The predicted molar refractivity (Wildman–Crippen MR) is 91.6 cm³/mol. The van der Waals surface area contributed by atoms with Gasteiger partial charge in [-0.1, -0.05) is 85.1 Å². The summed E-state index contributed by atoms with van der Waals surface area (Å²) in [5.74, 6) is 0. The standard InChI is InChI=1S/C20H16S/c1-16(17-10-4-2-5-11-17)19-14-8-9-15-20(19)21-18-12-6-3-7-13-18/h2-15H,1H2. The Morgan fingerprint density at radius 2 is 1.24 bits per heavy atom. The van der Waals surface area contributed by atoms with E-state index in [4.69, 9.17) is 0 Å². The van der Waals surface area contributed by atoms with Crippen LogP contribution >= 0.6 is 11.8 Å². The Kier molecular flexibility index (Phi) is 4.23. The summed E-state index contributed by atoms with van der Waals surface area (Å²) >= 11 is 1.78. The molecule has 0 radical (unpaired) electrons. The van der Waals surface area contributed by atoms with E-state index < -0.39 is 0 Å². The van der Waals surface area contributed by atoms with Crippen LogP contribution in [0.2, 0.25) is 0 Å². The van der Waals surface area contributed by atoms with Crippen molar-refractivity contribution in [3.05, 3.63) is 103 Å². The molecule has 0 unspecified atom stereocenters. The van der Waals surface area contributed by atoms with Crippen LogP contribution in [-0.2, 0) is 0 Å². The Balaban J connectivity index is 1.95. The molecule has 0 nitrogen and oxygen atoms in total. The molecule has 0 heterocycles. The maximum absolute atomic E-state index is 4.28. The van der Waals surface area contributed by atoms with Gasteiger partial charge < -0.3 is 0 Å². The summed E-state index contributed by atoms with van der Waals surface area (Å²) in [5.41, 5.74) is 3.42. The average molecular weight is 288 g/mol. The van der Waals surface area contributed by atoms with Crippen molar-refractivity contribution in [1.29, 1.82) is 0 Å². The van der Waals surface area contributed by atoms with Crippen molar-refractivity contribution in [2.24, 2.45) is 0 Å². The van der Waals surface area contributed by atoms with Crippen molar-refractivity contribution < 1.29 is 0 Å². The monoisotopic (exact) mass is 288 g/mol. The van der Waals surface area contributed by atoms with Gasteiger partial charge in [0, 0.05) is 9.79 Å². The van der Waals surface area contributed by atoms with Crippen LogP contribution in [0.3, 0.4) is 0 Å². The highest BCUT2D eigenvalue weighted by Crippen LogP contribution is 2.35. The van der Waals surface area contributed by atoms with Crippen molar-refractivity contribution in [2.75, 3.05) is 0 Å². The summed E-state index contributed by atoms with van der Waals surface area (Å²) < 4.78 is 0. The van der Waals surface area contributed by atoms with E-state index in [1.807, 2.05) is 24.3 Å². The van der Waals surface area contributed by atoms with Crippen LogP contribution in [0.5, 0.6) is 0 Å². The van der Waals surface area contributed by atoms with Crippen molar-refractivity contribution in [3.8, 4) is 0 Å². The minimum Gasteiger partial charge on any atom is -0.0905 e. The molecular weight excluding hydrogens is 272 g/mol. The molecular formula is C20H16S. The van der Waals surface area contributed by atoms with E-state index in [1.54, 1.807) is 11.8 Å². The van der Waals surface area contributed by atoms with Gasteiger partial charge in [0.25, 0.3) is 0 Å². The lowest BCUT2D eigenvalue weighted by molar-refractivity contribution is 1.36. The van der Waals surface area contributed by atoms with Crippen molar-refractivity contribution in [3.63, 3.8) is 0 Å². The van der Waals surface area contributed by atoms with Crippen LogP contribution in [0.4, 0.5) is 0 Å². The van der Waals surface area contributed by atoms with Crippen LogP contribution in [0, 0.1) is 0 Å². The first-order chi connectivity index (χ1) is 10.3. The fraction of sp³-hybridized carbons (Fsp3) is 0. The van der Waals surface area contributed by atoms with Gasteiger partial charge in [0.05, 0.1) is 0 Å². The molecule has 0 amide bonds. The summed E-state index contributed by atoms with van der Waals surface area (Å²) in [5, 5.41) is 0. The molecule has 3 aromatic rings. The average Bonchev–Trinajstić information content (AvgIpc) is 2.56. The molecule has 0 saturated carbocycles. The molecule has 0 aromatic heterocycles. The Morgan fingerprint density at radius 1 is 0.667 bits per heavy atom. The van der Waals surface area contributed by atoms with Crippen LogP contribution in [0.15, 0.2) is 101 Å². The number of hydrogen-bond donors (Lipinski definition) is 0. The van der Waals surface area contributed by atoms with Crippen molar-refractivity contribution in [1.82, 2.24) is 0 Å². The van der Waals surface area contributed by atoms with Crippen LogP contribution in [0.1, 0.15) is 11.1 Å². The fourth-order valence-corrected chi connectivity index (χ4v) is 3.21. The second-order valence-corrected chi connectivity index (χ2v) is 5.87. The van der Waals surface area contributed by atoms with Gasteiger partial charge in [-0.25, -0.2) is 0 Å². The molecule has 102 valence electrons. The highest BCUT2D eigenvalue weighted by atomic mass is 32.2. The number of hydrogen-bond acceptors (Lipinski definition) is 1. The minimum atomic E-state index is 1.06. The zero-order valence-corrected chi connectivity index (χ0v) is 12.5. The van der Waals surface area contributed by atoms with Gasteiger partial charge in [-0.2, -0.15) is 0 Å². The lowest BCUT2D eigenvalue weighted by atomic mass is 10.00. The van der Waals surface area contributed by atoms with E-state index in [0.29, 0.717) is 0 Å². The Bertz CT molecular complexity index is 730. The topological polar surface area (TPSA) is 0 Å². The molecule has 0 fully saturated rings. The van der Waals surface area contributed by atoms with Gasteiger partial charge in [0.15, 0.2) is 0 Å². The maximum atomic E-state index is 4.28. The van der Waals surface area contributed by atoms with Crippen molar-refractivity contribution in [2.45, 2.75) is 9.79 Å². The van der Waals surface area contributed by atoms with E-state index in [1.165, 1.54) is 20.9 Å². The second kappa shape index (κ2) is 6.47. The van der Waals surface area contributed by atoms with Gasteiger partial charge in [-0.05, 0) is 34.9 Å². The highest BCUT2D eigenvalue weighted by molar-refractivity contribution is 7.99. The largest absolute Gasteiger partial charge is 0.0905 e. The van der Waals surface area contributed by atoms with E-state index >= 15 is 0 Å². The lowest BCUT2D eigenvalue weighted by Gasteiger charge is -2.12. The first-order valence-corrected chi connectivity index (χ1v) is 7.73. The molecule has 3 rings (SSSR count). The van der Waals surface area contributed by atoms with Crippen LogP contribution in [0.25, 0.3) is 5.57 Å². The molecule has 0 saturated heterocycles. The Labute approximate surface area is 130 Å². The highest BCUT2D eigenvalue weighted by Gasteiger charge is 2.08. The molecule has 0 spiro atoms. The second-order valence-electron chi connectivity index (χ2n) is 4.76. The van der Waals surface area contributed by atoms with Gasteiger partial charge in [-0.15, -0.1) is 0 Å². The summed E-state index contributed by atoms with van der Waals surface area (Å²) in [6, 6.07) is 29.2. The normalized spacial score (nSPS) is 10.3. The first-order valence-electron chi connectivity index (χ1n) is 6.91. The van der Waals surface area contributed by atoms with Gasteiger partial charge in [0.2, 0.25) is 0 Å². The third-order valence-corrected chi connectivity index (χ3v) is 4.39. The van der Waals surface area contributed by atoms with Gasteiger partial charge in [0.1, 0.15) is 0 Å². The molecule has 0 aliphatic carbocycles. The Morgan fingerprint density at radius 3 is 1.95 bits per heavy atom. The first kappa shape index (κ1) is 13.7. The number of rotatable bonds is 4. The van der Waals surface area contributed by atoms with Gasteiger partial charge >= 0.3 is 0 Å². The van der Waals surface area contributed by atoms with Crippen molar-refractivity contribution >= 4 is 17.3 Å². The van der Waals surface area contributed by atoms with E-state index in [2.05, 4.69) is 67.2 Å². The smallest absolute Gasteiger partial charge is 0.0200 e.